The molecular weight excluding hydrogens is 201 g/mol. The highest BCUT2D eigenvalue weighted by molar-refractivity contribution is 5.95. The Morgan fingerprint density at radius 1 is 1.33 bits per heavy atom. The van der Waals surface area contributed by atoms with Crippen LogP contribution in [0.4, 0.5) is 9.18 Å². The van der Waals surface area contributed by atoms with Crippen molar-refractivity contribution in [3.05, 3.63) is 35.1 Å². The van der Waals surface area contributed by atoms with Crippen molar-refractivity contribution in [2.45, 2.75) is 6.92 Å². The van der Waals surface area contributed by atoms with Crippen LogP contribution in [0.15, 0.2) is 18.2 Å². The number of amides is 3. The number of aryl methyl sites for hydroxylation is 1. The number of nitrogens with two attached hydrogens (primary N) is 1. The molecule has 0 heterocycles. The number of primary amides is 1. The van der Waals surface area contributed by atoms with Gasteiger partial charge >= 0.3 is 6.03 Å². The van der Waals surface area contributed by atoms with Gasteiger partial charge in [0.15, 0.2) is 0 Å². The number of carbonyl (C=O) groups is 2. The van der Waals surface area contributed by atoms with Gasteiger partial charge in [-0.2, -0.15) is 0 Å². The number of benzene rings is 1. The Labute approximate surface area is 85.4 Å². The summed E-state index contributed by atoms with van der Waals surface area (Å²) in [6.45, 7) is 1.58. The predicted octanol–water partition coefficient (Wildman–Crippen LogP) is 0.447. The summed E-state index contributed by atoms with van der Waals surface area (Å²) in [5.41, 5.74) is 9.19. The van der Waals surface area contributed by atoms with Crippen molar-refractivity contribution < 1.29 is 14.0 Å². The van der Waals surface area contributed by atoms with E-state index in [1.165, 1.54) is 12.1 Å². The Hall–Kier alpha value is -2.11. The molecule has 0 unspecified atom stereocenters. The number of nitrogens with one attached hydrogen (secondary N) is 2. The SMILES string of the molecule is Cc1ccc(C(=O)NNC(N)=O)cc1F. The van der Waals surface area contributed by atoms with Gasteiger partial charge in [0.25, 0.3) is 5.91 Å². The number of hydrogen-bond acceptors (Lipinski definition) is 2. The molecule has 0 aromatic heterocycles. The molecule has 80 valence electrons. The standard InChI is InChI=1S/C9H10FN3O2/c1-5-2-3-6(4-7(5)10)8(14)12-13-9(11)15/h2-4H,1H3,(H,12,14)(H3,11,13,15). The lowest BCUT2D eigenvalue weighted by Gasteiger charge is -2.05. The van der Waals surface area contributed by atoms with Crippen LogP contribution in [-0.4, -0.2) is 11.9 Å². The third kappa shape index (κ3) is 2.94. The zero-order valence-corrected chi connectivity index (χ0v) is 8.00. The largest absolute Gasteiger partial charge is 0.350 e. The van der Waals surface area contributed by atoms with E-state index in [1.807, 2.05) is 10.9 Å². The first-order valence-electron chi connectivity index (χ1n) is 4.12. The third-order valence-electron chi connectivity index (χ3n) is 1.73. The van der Waals surface area contributed by atoms with E-state index in [9.17, 15) is 14.0 Å². The van der Waals surface area contributed by atoms with Crippen LogP contribution in [0.5, 0.6) is 0 Å². The van der Waals surface area contributed by atoms with E-state index in [2.05, 4.69) is 0 Å². The molecule has 1 aromatic rings. The molecule has 0 bridgehead atoms. The van der Waals surface area contributed by atoms with Crippen LogP contribution in [0, 0.1) is 12.7 Å². The van der Waals surface area contributed by atoms with Gasteiger partial charge in [-0.05, 0) is 24.6 Å². The topological polar surface area (TPSA) is 84.2 Å². The van der Waals surface area contributed by atoms with Crippen molar-refractivity contribution in [3.63, 3.8) is 0 Å². The lowest BCUT2D eigenvalue weighted by Crippen LogP contribution is -2.44. The van der Waals surface area contributed by atoms with E-state index in [4.69, 9.17) is 5.73 Å². The van der Waals surface area contributed by atoms with Gasteiger partial charge in [0, 0.05) is 5.56 Å². The molecule has 3 amide bonds. The molecule has 4 N–H and O–H groups in total. The summed E-state index contributed by atoms with van der Waals surface area (Å²) in [7, 11) is 0. The summed E-state index contributed by atoms with van der Waals surface area (Å²) in [5.74, 6) is -1.12. The molecule has 5 nitrogen and oxygen atoms in total. The fourth-order valence-electron chi connectivity index (χ4n) is 0.925. The first-order chi connectivity index (χ1) is 7.00. The van der Waals surface area contributed by atoms with Crippen LogP contribution in [0.25, 0.3) is 0 Å². The fraction of sp³-hybridized carbons (Fsp3) is 0.111. The van der Waals surface area contributed by atoms with Gasteiger partial charge in [-0.1, -0.05) is 6.07 Å². The van der Waals surface area contributed by atoms with Crippen molar-refractivity contribution >= 4 is 11.9 Å². The molecule has 0 radical (unpaired) electrons. The molecule has 6 heteroatoms. The van der Waals surface area contributed by atoms with Crippen LogP contribution in [0.3, 0.4) is 0 Å². The maximum Gasteiger partial charge on any atom is 0.330 e. The zero-order chi connectivity index (χ0) is 11.4. The first kappa shape index (κ1) is 11.0. The second-order valence-electron chi connectivity index (χ2n) is 2.91. The summed E-state index contributed by atoms with van der Waals surface area (Å²) in [6, 6.07) is 3.09. The molecule has 15 heavy (non-hydrogen) atoms. The molecular formula is C9H10FN3O2. The van der Waals surface area contributed by atoms with Crippen molar-refractivity contribution in [2.75, 3.05) is 0 Å². The van der Waals surface area contributed by atoms with Gasteiger partial charge in [0.1, 0.15) is 5.82 Å². The quantitative estimate of drug-likeness (QED) is 0.589. The number of halogens is 1. The monoisotopic (exact) mass is 211 g/mol. The Morgan fingerprint density at radius 2 is 2.00 bits per heavy atom. The molecule has 0 aliphatic rings. The van der Waals surface area contributed by atoms with Gasteiger partial charge < -0.3 is 5.73 Å². The zero-order valence-electron chi connectivity index (χ0n) is 8.00. The van der Waals surface area contributed by atoms with Crippen molar-refractivity contribution in [1.82, 2.24) is 10.9 Å². The third-order valence-corrected chi connectivity index (χ3v) is 1.73. The van der Waals surface area contributed by atoms with Gasteiger partial charge in [0.2, 0.25) is 0 Å². The second kappa shape index (κ2) is 4.41. The Kier molecular flexibility index (Phi) is 3.22. The van der Waals surface area contributed by atoms with E-state index in [0.29, 0.717) is 5.56 Å². The Balaban J connectivity index is 2.74. The van der Waals surface area contributed by atoms with Crippen LogP contribution in [0.1, 0.15) is 15.9 Å². The number of hydrazine groups is 1. The normalized spacial score (nSPS) is 9.47. The van der Waals surface area contributed by atoms with E-state index in [0.717, 1.165) is 6.07 Å². The minimum Gasteiger partial charge on any atom is -0.350 e. The van der Waals surface area contributed by atoms with E-state index in [-0.39, 0.29) is 5.56 Å². The van der Waals surface area contributed by atoms with Gasteiger partial charge in [-0.3, -0.25) is 10.2 Å². The summed E-state index contributed by atoms with van der Waals surface area (Å²) in [4.78, 5) is 21.5. The van der Waals surface area contributed by atoms with Gasteiger partial charge in [0.05, 0.1) is 0 Å². The minimum atomic E-state index is -0.893. The molecule has 0 atom stereocenters. The van der Waals surface area contributed by atoms with Gasteiger partial charge in [-0.15, -0.1) is 0 Å². The van der Waals surface area contributed by atoms with Crippen LogP contribution in [-0.2, 0) is 0 Å². The van der Waals surface area contributed by atoms with Crippen LogP contribution in [0.2, 0.25) is 0 Å². The molecule has 1 rings (SSSR count). The summed E-state index contributed by atoms with van der Waals surface area (Å²) < 4.78 is 13.0. The van der Waals surface area contributed by atoms with Crippen molar-refractivity contribution in [2.24, 2.45) is 5.73 Å². The molecule has 0 aliphatic carbocycles. The summed E-state index contributed by atoms with van der Waals surface area (Å²) in [5, 5.41) is 0. The van der Waals surface area contributed by atoms with Crippen molar-refractivity contribution in [1.29, 1.82) is 0 Å². The first-order valence-corrected chi connectivity index (χ1v) is 4.12. The molecule has 0 fully saturated rings. The lowest BCUT2D eigenvalue weighted by atomic mass is 10.1. The molecule has 0 saturated carbocycles. The summed E-state index contributed by atoms with van der Waals surface area (Å²) >= 11 is 0. The molecule has 1 aromatic carbocycles. The molecule has 0 spiro atoms. The van der Waals surface area contributed by atoms with Crippen LogP contribution >= 0.6 is 0 Å². The predicted molar refractivity (Wildman–Crippen MR) is 51.3 cm³/mol. The Morgan fingerprint density at radius 3 is 2.53 bits per heavy atom. The maximum absolute atomic E-state index is 13.0. The molecule has 0 aliphatic heterocycles. The van der Waals surface area contributed by atoms with Crippen molar-refractivity contribution in [3.8, 4) is 0 Å². The van der Waals surface area contributed by atoms with E-state index in [1.54, 1.807) is 6.92 Å². The lowest BCUT2D eigenvalue weighted by molar-refractivity contribution is 0.0937. The number of hydrogen-bond donors (Lipinski definition) is 3. The van der Waals surface area contributed by atoms with Crippen LogP contribution < -0.4 is 16.6 Å². The fourth-order valence-corrected chi connectivity index (χ4v) is 0.925. The number of urea groups is 1. The molecule has 0 saturated heterocycles. The summed E-state index contributed by atoms with van der Waals surface area (Å²) in [6.07, 6.45) is 0. The highest BCUT2D eigenvalue weighted by atomic mass is 19.1. The highest BCUT2D eigenvalue weighted by Crippen LogP contribution is 2.08. The van der Waals surface area contributed by atoms with Gasteiger partial charge in [-0.25, -0.2) is 14.6 Å². The second-order valence-corrected chi connectivity index (χ2v) is 2.91. The Bertz CT molecular complexity index is 406. The smallest absolute Gasteiger partial charge is 0.330 e. The number of rotatable bonds is 1. The number of carbonyl (C=O) groups excluding carboxylic acids is 2. The minimum absolute atomic E-state index is 0.104. The maximum atomic E-state index is 13.0. The van der Waals surface area contributed by atoms with E-state index < -0.39 is 17.8 Å². The average Bonchev–Trinajstić information content (AvgIpc) is 2.18. The average molecular weight is 211 g/mol. The highest BCUT2D eigenvalue weighted by Gasteiger charge is 2.07. The van der Waals surface area contributed by atoms with E-state index >= 15 is 0 Å².